The third-order valence-electron chi connectivity index (χ3n) is 2.85. The van der Waals surface area contributed by atoms with Crippen LogP contribution in [0.3, 0.4) is 0 Å². The van der Waals surface area contributed by atoms with Crippen LogP contribution in [0.25, 0.3) is 0 Å². The van der Waals surface area contributed by atoms with Gasteiger partial charge in [-0.25, -0.2) is 0 Å². The molecule has 2 heterocycles. The van der Waals surface area contributed by atoms with Gasteiger partial charge < -0.3 is 10.6 Å². The van der Waals surface area contributed by atoms with Gasteiger partial charge in [0.15, 0.2) is 0 Å². The molecule has 1 fully saturated rings. The van der Waals surface area contributed by atoms with Gasteiger partial charge in [0.2, 0.25) is 5.91 Å². The van der Waals surface area contributed by atoms with E-state index >= 15 is 0 Å². The summed E-state index contributed by atoms with van der Waals surface area (Å²) in [5.74, 6) is 1.13. The van der Waals surface area contributed by atoms with Gasteiger partial charge in [0, 0.05) is 44.2 Å². The third kappa shape index (κ3) is 1.95. The van der Waals surface area contributed by atoms with E-state index in [1.807, 2.05) is 24.7 Å². The van der Waals surface area contributed by atoms with Crippen LogP contribution in [0.5, 0.6) is 0 Å². The van der Waals surface area contributed by atoms with Crippen molar-refractivity contribution < 1.29 is 4.79 Å². The van der Waals surface area contributed by atoms with Crippen molar-refractivity contribution in [2.45, 2.75) is 19.9 Å². The highest BCUT2D eigenvalue weighted by molar-refractivity contribution is 5.78. The second kappa shape index (κ2) is 3.56. The highest BCUT2D eigenvalue weighted by atomic mass is 16.2. The lowest BCUT2D eigenvalue weighted by atomic mass is 10.1. The molecule has 82 valence electrons. The molecule has 0 spiro atoms. The number of carbonyl (C=O) groups is 1. The highest BCUT2D eigenvalue weighted by Gasteiger charge is 2.27. The molecular formula is C10H16N4O. The summed E-state index contributed by atoms with van der Waals surface area (Å²) < 4.78 is 1.88. The molecule has 1 unspecified atom stereocenters. The van der Waals surface area contributed by atoms with Gasteiger partial charge in [-0.05, 0) is 6.92 Å². The summed E-state index contributed by atoms with van der Waals surface area (Å²) in [5, 5.41) is 4.19. The quantitative estimate of drug-likeness (QED) is 0.757. The molecule has 0 radical (unpaired) electrons. The lowest BCUT2D eigenvalue weighted by Gasteiger charge is -2.11. The Kier molecular flexibility index (Phi) is 2.38. The molecule has 0 aromatic carbocycles. The van der Waals surface area contributed by atoms with Crippen molar-refractivity contribution in [3.05, 3.63) is 11.8 Å². The molecule has 5 heteroatoms. The maximum atomic E-state index is 11.3. The second-order valence-electron chi connectivity index (χ2n) is 4.24. The third-order valence-corrected chi connectivity index (χ3v) is 2.85. The zero-order valence-corrected chi connectivity index (χ0v) is 9.10. The number of anilines is 1. The number of hydrogen-bond acceptors (Lipinski definition) is 3. The topological polar surface area (TPSA) is 64.1 Å². The Bertz CT molecular complexity index is 385. The Morgan fingerprint density at radius 1 is 1.67 bits per heavy atom. The summed E-state index contributed by atoms with van der Waals surface area (Å²) in [7, 11) is 1.84. The number of hydrogen-bond donors (Lipinski definition) is 1. The van der Waals surface area contributed by atoms with E-state index in [2.05, 4.69) is 5.10 Å². The highest BCUT2D eigenvalue weighted by Crippen LogP contribution is 2.18. The molecular weight excluding hydrogens is 192 g/mol. The molecule has 2 rings (SSSR count). The normalized spacial score (nSPS) is 21.3. The van der Waals surface area contributed by atoms with Crippen LogP contribution in [0.1, 0.15) is 12.1 Å². The summed E-state index contributed by atoms with van der Waals surface area (Å²) >= 11 is 0. The zero-order chi connectivity index (χ0) is 11.0. The zero-order valence-electron chi connectivity index (χ0n) is 9.10. The minimum atomic E-state index is 0.220. The van der Waals surface area contributed by atoms with Crippen LogP contribution in [-0.2, 0) is 11.3 Å². The Labute approximate surface area is 88.8 Å². The van der Waals surface area contributed by atoms with Gasteiger partial charge in [-0.3, -0.25) is 9.48 Å². The van der Waals surface area contributed by atoms with E-state index in [-0.39, 0.29) is 5.91 Å². The van der Waals surface area contributed by atoms with Crippen LogP contribution >= 0.6 is 0 Å². The summed E-state index contributed by atoms with van der Waals surface area (Å²) in [4.78, 5) is 13.1. The smallest absolute Gasteiger partial charge is 0.222 e. The fraction of sp³-hybridized carbons (Fsp3) is 0.600. The number of nitrogens with two attached hydrogens (primary N) is 1. The summed E-state index contributed by atoms with van der Waals surface area (Å²) in [5.41, 5.74) is 6.65. The Hall–Kier alpha value is -1.52. The first-order valence-electron chi connectivity index (χ1n) is 5.10. The van der Waals surface area contributed by atoms with Gasteiger partial charge in [-0.1, -0.05) is 0 Å². The fourth-order valence-electron chi connectivity index (χ4n) is 2.04. The maximum Gasteiger partial charge on any atom is 0.222 e. The van der Waals surface area contributed by atoms with Crippen LogP contribution in [0, 0.1) is 12.8 Å². The van der Waals surface area contributed by atoms with Crippen molar-refractivity contribution in [1.82, 2.24) is 14.7 Å². The van der Waals surface area contributed by atoms with Gasteiger partial charge in [-0.2, -0.15) is 5.10 Å². The van der Waals surface area contributed by atoms with Crippen LogP contribution in [0.15, 0.2) is 6.07 Å². The average molecular weight is 208 g/mol. The van der Waals surface area contributed by atoms with E-state index in [4.69, 9.17) is 5.73 Å². The molecule has 1 aromatic rings. The lowest BCUT2D eigenvalue weighted by Crippen LogP contribution is -2.20. The van der Waals surface area contributed by atoms with Gasteiger partial charge in [0.05, 0.1) is 0 Å². The van der Waals surface area contributed by atoms with E-state index in [1.54, 1.807) is 4.90 Å². The van der Waals surface area contributed by atoms with Crippen molar-refractivity contribution in [2.24, 2.45) is 5.92 Å². The van der Waals surface area contributed by atoms with Crippen molar-refractivity contribution >= 4 is 11.7 Å². The molecule has 0 saturated carbocycles. The molecule has 0 aliphatic carbocycles. The number of carbonyl (C=O) groups excluding carboxylic acids is 1. The standard InChI is InChI=1S/C10H16N4O/c1-7-3-9(11)12-14(7)6-8-4-10(15)13(2)5-8/h3,8H,4-6H2,1-2H3,(H2,11,12). The summed E-state index contributed by atoms with van der Waals surface area (Å²) in [6.45, 7) is 3.57. The number of aromatic nitrogens is 2. The number of rotatable bonds is 2. The number of likely N-dealkylation sites (tertiary alicyclic amines) is 1. The van der Waals surface area contributed by atoms with Gasteiger partial charge >= 0.3 is 0 Å². The first-order chi connectivity index (χ1) is 7.06. The largest absolute Gasteiger partial charge is 0.382 e. The maximum absolute atomic E-state index is 11.3. The van der Waals surface area contributed by atoms with Gasteiger partial charge in [0.25, 0.3) is 0 Å². The van der Waals surface area contributed by atoms with E-state index < -0.39 is 0 Å². The monoisotopic (exact) mass is 208 g/mol. The number of nitrogens with zero attached hydrogens (tertiary/aromatic N) is 3. The Balaban J connectivity index is 2.04. The van der Waals surface area contributed by atoms with Crippen molar-refractivity contribution in [2.75, 3.05) is 19.3 Å². The van der Waals surface area contributed by atoms with Crippen molar-refractivity contribution in [3.8, 4) is 0 Å². The predicted octanol–water partition coefficient (Wildman–Crippen LogP) is 0.252. The van der Waals surface area contributed by atoms with Crippen LogP contribution in [0.4, 0.5) is 5.82 Å². The van der Waals surface area contributed by atoms with Gasteiger partial charge in [-0.15, -0.1) is 0 Å². The van der Waals surface area contributed by atoms with Crippen LogP contribution in [-0.4, -0.2) is 34.2 Å². The molecule has 1 saturated heterocycles. The first kappa shape index (κ1) is 10.0. The van der Waals surface area contributed by atoms with E-state index in [9.17, 15) is 4.79 Å². The lowest BCUT2D eigenvalue weighted by molar-refractivity contribution is -0.126. The Morgan fingerprint density at radius 2 is 2.40 bits per heavy atom. The molecule has 0 bridgehead atoms. The first-order valence-corrected chi connectivity index (χ1v) is 5.10. The van der Waals surface area contributed by atoms with Crippen molar-refractivity contribution in [3.63, 3.8) is 0 Å². The minimum Gasteiger partial charge on any atom is -0.382 e. The average Bonchev–Trinajstić information content (AvgIpc) is 2.59. The molecule has 15 heavy (non-hydrogen) atoms. The molecule has 1 aliphatic rings. The molecule has 5 nitrogen and oxygen atoms in total. The molecule has 1 amide bonds. The van der Waals surface area contributed by atoms with E-state index in [0.29, 0.717) is 18.2 Å². The van der Waals surface area contributed by atoms with E-state index in [1.165, 1.54) is 0 Å². The van der Waals surface area contributed by atoms with Crippen LogP contribution in [0.2, 0.25) is 0 Å². The number of nitrogen functional groups attached to an aromatic ring is 1. The number of amides is 1. The number of aryl methyl sites for hydroxylation is 1. The second-order valence-corrected chi connectivity index (χ2v) is 4.24. The molecule has 1 aromatic heterocycles. The molecule has 1 aliphatic heterocycles. The van der Waals surface area contributed by atoms with Crippen LogP contribution < -0.4 is 5.73 Å². The van der Waals surface area contributed by atoms with Crippen molar-refractivity contribution in [1.29, 1.82) is 0 Å². The molecule has 1 atom stereocenters. The molecule has 2 N–H and O–H groups in total. The van der Waals surface area contributed by atoms with Gasteiger partial charge in [0.1, 0.15) is 5.82 Å². The van der Waals surface area contributed by atoms with E-state index in [0.717, 1.165) is 18.8 Å². The summed E-state index contributed by atoms with van der Waals surface area (Å²) in [6.07, 6.45) is 0.621. The predicted molar refractivity (Wildman–Crippen MR) is 57.1 cm³/mol. The fourth-order valence-corrected chi connectivity index (χ4v) is 2.04. The summed E-state index contributed by atoms with van der Waals surface area (Å²) in [6, 6.07) is 1.85. The SMILES string of the molecule is Cc1cc(N)nn1CC1CC(=O)N(C)C1. The minimum absolute atomic E-state index is 0.220. The Morgan fingerprint density at radius 3 is 2.87 bits per heavy atom.